The largest absolute Gasteiger partial charge is 0.550 e. The van der Waals surface area contributed by atoms with Crippen LogP contribution in [0.5, 0.6) is 0 Å². The Hall–Kier alpha value is -1.89. The Morgan fingerprint density at radius 3 is 2.59 bits per heavy atom. The highest BCUT2D eigenvalue weighted by Gasteiger charge is 2.51. The summed E-state index contributed by atoms with van der Waals surface area (Å²) in [6.45, 7) is 4.47. The van der Waals surface area contributed by atoms with E-state index in [2.05, 4.69) is 12.2 Å². The Morgan fingerprint density at radius 2 is 1.90 bits per heavy atom. The molecule has 6 nitrogen and oxygen atoms in total. The molecule has 3 aliphatic rings. The van der Waals surface area contributed by atoms with E-state index in [1.165, 1.54) is 11.3 Å². The number of carboxylic acids is 1. The summed E-state index contributed by atoms with van der Waals surface area (Å²) < 4.78 is 5.40. The molecule has 0 aromatic carbocycles. The lowest BCUT2D eigenvalue weighted by atomic mass is 9.78. The second kappa shape index (κ2) is 8.09. The number of hydrogen-bond acceptors (Lipinski definition) is 6. The van der Waals surface area contributed by atoms with Gasteiger partial charge in [-0.2, -0.15) is 0 Å². The molecule has 5 atom stereocenters. The summed E-state index contributed by atoms with van der Waals surface area (Å²) in [4.78, 5) is 38.7. The van der Waals surface area contributed by atoms with Gasteiger partial charge >= 0.3 is 5.97 Å². The number of ether oxygens (including phenoxy) is 1. The molecule has 7 heteroatoms. The molecule has 158 valence electrons. The first-order valence-corrected chi connectivity index (χ1v) is 11.6. The van der Waals surface area contributed by atoms with Crippen LogP contribution in [-0.2, 0) is 27.2 Å². The maximum atomic E-state index is 13.1. The van der Waals surface area contributed by atoms with Gasteiger partial charge in [0, 0.05) is 22.7 Å². The first-order valence-electron chi connectivity index (χ1n) is 10.7. The van der Waals surface area contributed by atoms with Crippen molar-refractivity contribution >= 4 is 34.2 Å². The highest BCUT2D eigenvalue weighted by atomic mass is 32.1. The average Bonchev–Trinajstić information content (AvgIpc) is 3.37. The highest BCUT2D eigenvalue weighted by molar-refractivity contribution is 7.17. The molecule has 4 rings (SSSR count). The van der Waals surface area contributed by atoms with Gasteiger partial charge in [0.2, 0.25) is 5.91 Å². The van der Waals surface area contributed by atoms with E-state index in [-0.39, 0.29) is 17.7 Å². The maximum absolute atomic E-state index is 13.1. The van der Waals surface area contributed by atoms with E-state index >= 15 is 0 Å². The Labute approximate surface area is 175 Å². The SMILES string of the molecule is CCCOC(=O)c1c(NC(=O)[C@H]2[C@@H]3CC[C@H](C3)[C@@H]2C(=O)[O-])sc2c1CC[C@@H](C)C2. The molecule has 2 saturated carbocycles. The minimum absolute atomic E-state index is 0.0344. The van der Waals surface area contributed by atoms with Gasteiger partial charge in [-0.1, -0.05) is 13.8 Å². The molecule has 29 heavy (non-hydrogen) atoms. The number of esters is 1. The number of anilines is 1. The zero-order valence-corrected chi connectivity index (χ0v) is 17.8. The molecule has 1 heterocycles. The number of carboxylic acid groups (broad SMARTS) is 1. The first-order chi connectivity index (χ1) is 13.9. The third kappa shape index (κ3) is 3.69. The van der Waals surface area contributed by atoms with E-state index in [4.69, 9.17) is 4.74 Å². The van der Waals surface area contributed by atoms with Crippen LogP contribution in [0.15, 0.2) is 0 Å². The lowest BCUT2D eigenvalue weighted by Gasteiger charge is -2.30. The predicted molar refractivity (Wildman–Crippen MR) is 108 cm³/mol. The molecular weight excluding hydrogens is 390 g/mol. The molecule has 2 fully saturated rings. The van der Waals surface area contributed by atoms with Crippen molar-refractivity contribution in [2.75, 3.05) is 11.9 Å². The number of hydrogen-bond donors (Lipinski definition) is 1. The number of rotatable bonds is 6. The molecule has 3 aliphatic carbocycles. The van der Waals surface area contributed by atoms with E-state index in [9.17, 15) is 19.5 Å². The normalized spacial score (nSPS) is 30.1. The molecule has 0 aliphatic heterocycles. The monoisotopic (exact) mass is 418 g/mol. The number of carbonyl (C=O) groups is 3. The van der Waals surface area contributed by atoms with Crippen molar-refractivity contribution in [3.05, 3.63) is 16.0 Å². The summed E-state index contributed by atoms with van der Waals surface area (Å²) in [5.74, 6) is -2.44. The van der Waals surface area contributed by atoms with Gasteiger partial charge in [0.1, 0.15) is 5.00 Å². The van der Waals surface area contributed by atoms with Crippen LogP contribution in [0.25, 0.3) is 0 Å². The molecule has 1 aromatic rings. The van der Waals surface area contributed by atoms with Crippen molar-refractivity contribution in [1.29, 1.82) is 0 Å². The van der Waals surface area contributed by atoms with Crippen molar-refractivity contribution in [2.45, 2.75) is 58.8 Å². The van der Waals surface area contributed by atoms with Gasteiger partial charge < -0.3 is 20.0 Å². The molecular formula is C22H28NO5S-. The summed E-state index contributed by atoms with van der Waals surface area (Å²) in [5.41, 5.74) is 1.47. The number of carbonyl (C=O) groups excluding carboxylic acids is 3. The van der Waals surface area contributed by atoms with E-state index in [1.807, 2.05) is 6.92 Å². The smallest absolute Gasteiger partial charge is 0.341 e. The fraction of sp³-hybridized carbons (Fsp3) is 0.682. The van der Waals surface area contributed by atoms with Gasteiger partial charge in [-0.25, -0.2) is 4.79 Å². The molecule has 1 aromatic heterocycles. The van der Waals surface area contributed by atoms with Gasteiger partial charge in [0.05, 0.1) is 12.2 Å². The zero-order chi connectivity index (χ0) is 20.7. The average molecular weight is 419 g/mol. The fourth-order valence-electron chi connectivity index (χ4n) is 5.52. The Bertz CT molecular complexity index is 831. The fourth-order valence-corrected chi connectivity index (χ4v) is 6.93. The van der Waals surface area contributed by atoms with Crippen LogP contribution in [-0.4, -0.2) is 24.5 Å². The van der Waals surface area contributed by atoms with Crippen molar-refractivity contribution < 1.29 is 24.2 Å². The predicted octanol–water partition coefficient (Wildman–Crippen LogP) is 2.79. The van der Waals surface area contributed by atoms with Gasteiger partial charge in [-0.15, -0.1) is 11.3 Å². The van der Waals surface area contributed by atoms with Crippen LogP contribution >= 0.6 is 11.3 Å². The number of aliphatic carboxylic acids is 1. The minimum atomic E-state index is -1.13. The van der Waals surface area contributed by atoms with Crippen LogP contribution in [0, 0.1) is 29.6 Å². The molecule has 0 spiro atoms. The first kappa shape index (κ1) is 20.4. The van der Waals surface area contributed by atoms with Crippen LogP contribution in [0.4, 0.5) is 5.00 Å². The number of amides is 1. The zero-order valence-electron chi connectivity index (χ0n) is 17.0. The number of fused-ring (bicyclic) bond motifs is 3. The summed E-state index contributed by atoms with van der Waals surface area (Å²) in [7, 11) is 0. The Balaban J connectivity index is 1.61. The van der Waals surface area contributed by atoms with Crippen LogP contribution in [0.3, 0.4) is 0 Å². The topological polar surface area (TPSA) is 95.5 Å². The van der Waals surface area contributed by atoms with Crippen LogP contribution in [0.1, 0.15) is 66.8 Å². The second-order valence-corrected chi connectivity index (χ2v) is 9.99. The van der Waals surface area contributed by atoms with E-state index < -0.39 is 23.8 Å². The van der Waals surface area contributed by atoms with Crippen molar-refractivity contribution in [2.24, 2.45) is 29.6 Å². The maximum Gasteiger partial charge on any atom is 0.341 e. The van der Waals surface area contributed by atoms with E-state index in [0.29, 0.717) is 23.1 Å². The van der Waals surface area contributed by atoms with Crippen LogP contribution in [0.2, 0.25) is 0 Å². The third-order valence-corrected chi connectivity index (χ3v) is 8.05. The van der Waals surface area contributed by atoms with Crippen LogP contribution < -0.4 is 10.4 Å². The van der Waals surface area contributed by atoms with Gasteiger partial charge in [0.25, 0.3) is 0 Å². The Morgan fingerprint density at radius 1 is 1.17 bits per heavy atom. The standard InChI is InChI=1S/C22H29NO5S/c1-3-8-28-22(27)18-14-7-4-11(2)9-15(14)29-20(18)23-19(24)16-12-5-6-13(10-12)17(16)21(25)26/h11-13,16-17H,3-10H2,1-2H3,(H,23,24)(H,25,26)/p-1/t11-,12-,13-,16+,17+/m1/s1. The third-order valence-electron chi connectivity index (χ3n) is 6.88. The summed E-state index contributed by atoms with van der Waals surface area (Å²) in [6, 6.07) is 0. The lowest BCUT2D eigenvalue weighted by molar-refractivity contribution is -0.314. The van der Waals surface area contributed by atoms with Gasteiger partial charge in [-0.3, -0.25) is 4.79 Å². The van der Waals surface area contributed by atoms with E-state index in [0.717, 1.165) is 55.4 Å². The summed E-state index contributed by atoms with van der Waals surface area (Å²) >= 11 is 1.45. The van der Waals surface area contributed by atoms with E-state index in [1.54, 1.807) is 0 Å². The van der Waals surface area contributed by atoms with Gasteiger partial charge in [0.15, 0.2) is 0 Å². The van der Waals surface area contributed by atoms with Gasteiger partial charge in [-0.05, 0) is 68.3 Å². The lowest BCUT2D eigenvalue weighted by Crippen LogP contribution is -2.44. The second-order valence-electron chi connectivity index (χ2n) is 8.88. The number of nitrogens with one attached hydrogen (secondary N) is 1. The molecule has 2 bridgehead atoms. The van der Waals surface area contributed by atoms with Crippen molar-refractivity contribution in [3.63, 3.8) is 0 Å². The molecule has 0 saturated heterocycles. The molecule has 1 amide bonds. The molecule has 0 radical (unpaired) electrons. The summed E-state index contributed by atoms with van der Waals surface area (Å²) in [6.07, 6.45) is 5.94. The highest BCUT2D eigenvalue weighted by Crippen LogP contribution is 2.52. The Kier molecular flexibility index (Phi) is 5.69. The minimum Gasteiger partial charge on any atom is -0.550 e. The summed E-state index contributed by atoms with van der Waals surface area (Å²) in [5, 5.41) is 15.1. The molecule has 0 unspecified atom stereocenters. The number of thiophene rings is 1. The quantitative estimate of drug-likeness (QED) is 0.717. The van der Waals surface area contributed by atoms with Crippen molar-refractivity contribution in [1.82, 2.24) is 0 Å². The molecule has 1 N–H and O–H groups in total. The van der Waals surface area contributed by atoms with Crippen molar-refractivity contribution in [3.8, 4) is 0 Å².